The summed E-state index contributed by atoms with van der Waals surface area (Å²) in [5, 5.41) is 13.9. The minimum absolute atomic E-state index is 0.185. The minimum atomic E-state index is -3.21. The van der Waals surface area contributed by atoms with Gasteiger partial charge in [-0.3, -0.25) is 0 Å². The van der Waals surface area contributed by atoms with Gasteiger partial charge in [-0.15, -0.1) is 0 Å². The number of sulfonamides is 1. The van der Waals surface area contributed by atoms with E-state index in [1.165, 1.54) is 16.8 Å². The average Bonchev–Trinajstić information content (AvgIpc) is 3.16. The Labute approximate surface area is 171 Å². The van der Waals surface area contributed by atoms with Gasteiger partial charge in [0.15, 0.2) is 0 Å². The summed E-state index contributed by atoms with van der Waals surface area (Å²) in [6, 6.07) is 0. The maximum absolute atomic E-state index is 11.7. The molecule has 0 aromatic carbocycles. The number of nitrogens with one attached hydrogen (secondary N) is 3. The standard InChI is InChI=1S/C20H26N6O2S/c1-13(2)15(10-21)9-19(22)25-20-5-4-17-18(24-20)8-16(11-23-17)14-6-7-26(12-14)29(3,27)28/h4-6,8-11,13,21,23-24H,7,12H2,1-3H3,(H2,22,25). The van der Waals surface area contributed by atoms with E-state index in [1.807, 2.05) is 44.4 Å². The van der Waals surface area contributed by atoms with Gasteiger partial charge in [0.1, 0.15) is 11.7 Å². The summed E-state index contributed by atoms with van der Waals surface area (Å²) in [7, 11) is -3.21. The average molecular weight is 415 g/mol. The molecule has 3 rings (SSSR count). The number of fused-ring (bicyclic) bond motifs is 1. The summed E-state index contributed by atoms with van der Waals surface area (Å²) in [5.74, 6) is 1.09. The molecule has 5 N–H and O–H groups in total. The molecule has 8 nitrogen and oxygen atoms in total. The Morgan fingerprint density at radius 1 is 1.34 bits per heavy atom. The largest absolute Gasteiger partial charge is 0.384 e. The van der Waals surface area contributed by atoms with E-state index in [9.17, 15) is 8.42 Å². The lowest BCUT2D eigenvalue weighted by Crippen LogP contribution is -2.29. The molecule has 0 saturated heterocycles. The fourth-order valence-electron chi connectivity index (χ4n) is 3.05. The Morgan fingerprint density at radius 3 is 2.72 bits per heavy atom. The molecule has 9 heteroatoms. The van der Waals surface area contributed by atoms with E-state index in [0.29, 0.717) is 24.7 Å². The molecule has 0 radical (unpaired) electrons. The number of hydrogen-bond acceptors (Lipinski definition) is 6. The van der Waals surface area contributed by atoms with Crippen LogP contribution in [0.4, 0.5) is 0 Å². The SMILES string of the molecule is CC(C)C(C=N)=CC(N)=NC1=CC=C2NC=C(C3=CCN(S(C)(=O)=O)C3)C=C2N1. The molecule has 0 spiro atoms. The Balaban J connectivity index is 1.75. The van der Waals surface area contributed by atoms with Crippen molar-refractivity contribution in [2.24, 2.45) is 16.6 Å². The van der Waals surface area contributed by atoms with Crippen LogP contribution in [0.5, 0.6) is 0 Å². The van der Waals surface area contributed by atoms with E-state index in [2.05, 4.69) is 15.6 Å². The number of hydrogen-bond donors (Lipinski definition) is 4. The topological polar surface area (TPSA) is 124 Å². The molecule has 3 heterocycles. The Kier molecular flexibility index (Phi) is 5.90. The lowest BCUT2D eigenvalue weighted by atomic mass is 10.0. The first kappa shape index (κ1) is 20.8. The summed E-state index contributed by atoms with van der Waals surface area (Å²) in [4.78, 5) is 4.39. The summed E-state index contributed by atoms with van der Waals surface area (Å²) >= 11 is 0. The Hall–Kier alpha value is -2.91. The van der Waals surface area contributed by atoms with Gasteiger partial charge in [0.25, 0.3) is 0 Å². The third-order valence-electron chi connectivity index (χ3n) is 4.77. The first-order valence-electron chi connectivity index (χ1n) is 9.26. The van der Waals surface area contributed by atoms with Gasteiger partial charge < -0.3 is 21.8 Å². The van der Waals surface area contributed by atoms with Gasteiger partial charge in [-0.2, -0.15) is 4.31 Å². The van der Waals surface area contributed by atoms with E-state index >= 15 is 0 Å². The first-order valence-corrected chi connectivity index (χ1v) is 11.1. The van der Waals surface area contributed by atoms with Crippen LogP contribution in [0.2, 0.25) is 0 Å². The molecule has 0 aliphatic carbocycles. The van der Waals surface area contributed by atoms with Crippen LogP contribution < -0.4 is 16.4 Å². The fourth-order valence-corrected chi connectivity index (χ4v) is 3.77. The van der Waals surface area contributed by atoms with Crippen molar-refractivity contribution in [3.05, 3.63) is 70.5 Å². The number of dihydropyridines is 2. The fraction of sp³-hybridized carbons (Fsp3) is 0.300. The second kappa shape index (κ2) is 8.22. The van der Waals surface area contributed by atoms with Crippen LogP contribution in [-0.2, 0) is 10.0 Å². The Bertz CT molecular complexity index is 1040. The van der Waals surface area contributed by atoms with E-state index in [-0.39, 0.29) is 5.92 Å². The molecule has 3 aliphatic heterocycles. The molecule has 0 saturated carbocycles. The van der Waals surface area contributed by atoms with E-state index in [0.717, 1.165) is 28.1 Å². The Morgan fingerprint density at radius 2 is 2.10 bits per heavy atom. The van der Waals surface area contributed by atoms with E-state index in [1.54, 1.807) is 6.08 Å². The summed E-state index contributed by atoms with van der Waals surface area (Å²) in [6.45, 7) is 4.72. The molecule has 29 heavy (non-hydrogen) atoms. The summed E-state index contributed by atoms with van der Waals surface area (Å²) < 4.78 is 24.9. The maximum atomic E-state index is 11.7. The van der Waals surface area contributed by atoms with Crippen molar-refractivity contribution >= 4 is 22.1 Å². The van der Waals surface area contributed by atoms with Crippen molar-refractivity contribution in [1.82, 2.24) is 14.9 Å². The lowest BCUT2D eigenvalue weighted by Gasteiger charge is -2.24. The highest BCUT2D eigenvalue weighted by molar-refractivity contribution is 7.88. The monoisotopic (exact) mass is 414 g/mol. The summed E-state index contributed by atoms with van der Waals surface area (Å²) in [5.41, 5.74) is 10.4. The zero-order chi connectivity index (χ0) is 21.2. The van der Waals surface area contributed by atoms with Crippen molar-refractivity contribution < 1.29 is 8.42 Å². The molecule has 0 bridgehead atoms. The molecule has 0 unspecified atom stereocenters. The maximum Gasteiger partial charge on any atom is 0.211 e. The third kappa shape index (κ3) is 4.93. The zero-order valence-corrected chi connectivity index (χ0v) is 17.5. The normalized spacial score (nSPS) is 20.6. The molecule has 0 amide bonds. The van der Waals surface area contributed by atoms with Crippen molar-refractivity contribution in [1.29, 1.82) is 5.41 Å². The van der Waals surface area contributed by atoms with Crippen molar-refractivity contribution in [2.75, 3.05) is 19.3 Å². The second-order valence-electron chi connectivity index (χ2n) is 7.32. The molecule has 154 valence electrons. The predicted octanol–water partition coefficient (Wildman–Crippen LogP) is 1.48. The van der Waals surface area contributed by atoms with Crippen molar-refractivity contribution in [3.8, 4) is 0 Å². The smallest absolute Gasteiger partial charge is 0.211 e. The molecule has 0 atom stereocenters. The molecule has 0 fully saturated rings. The molecule has 0 aromatic heterocycles. The van der Waals surface area contributed by atoms with Crippen LogP contribution in [0.25, 0.3) is 0 Å². The molecule has 3 aliphatic rings. The minimum Gasteiger partial charge on any atom is -0.384 e. The molecule has 0 aromatic rings. The van der Waals surface area contributed by atoms with Gasteiger partial charge in [-0.25, -0.2) is 13.4 Å². The third-order valence-corrected chi connectivity index (χ3v) is 5.99. The van der Waals surface area contributed by atoms with Gasteiger partial charge in [0.2, 0.25) is 10.0 Å². The van der Waals surface area contributed by atoms with Crippen molar-refractivity contribution in [3.63, 3.8) is 0 Å². The van der Waals surface area contributed by atoms with E-state index in [4.69, 9.17) is 11.1 Å². The van der Waals surface area contributed by atoms with Gasteiger partial charge in [-0.1, -0.05) is 19.9 Å². The molecular weight excluding hydrogens is 388 g/mol. The number of rotatable bonds is 6. The highest BCUT2D eigenvalue weighted by Gasteiger charge is 2.25. The van der Waals surface area contributed by atoms with Crippen LogP contribution in [0.15, 0.2) is 75.5 Å². The van der Waals surface area contributed by atoms with E-state index < -0.39 is 10.0 Å². The van der Waals surface area contributed by atoms with Crippen LogP contribution in [-0.4, -0.2) is 44.1 Å². The van der Waals surface area contributed by atoms with Crippen LogP contribution in [0.1, 0.15) is 13.8 Å². The van der Waals surface area contributed by atoms with Crippen molar-refractivity contribution in [2.45, 2.75) is 13.8 Å². The van der Waals surface area contributed by atoms with Crippen LogP contribution in [0.3, 0.4) is 0 Å². The quantitative estimate of drug-likeness (QED) is 0.387. The first-order chi connectivity index (χ1) is 13.7. The van der Waals surface area contributed by atoms with Crippen LogP contribution in [0, 0.1) is 11.3 Å². The van der Waals surface area contributed by atoms with Gasteiger partial charge in [-0.05, 0) is 46.9 Å². The van der Waals surface area contributed by atoms with Gasteiger partial charge in [0, 0.05) is 25.5 Å². The van der Waals surface area contributed by atoms with Gasteiger partial charge in [0.05, 0.1) is 17.6 Å². The van der Waals surface area contributed by atoms with Gasteiger partial charge >= 0.3 is 0 Å². The number of amidine groups is 1. The highest BCUT2D eigenvalue weighted by Crippen LogP contribution is 2.26. The number of allylic oxidation sites excluding steroid dienone is 4. The lowest BCUT2D eigenvalue weighted by molar-refractivity contribution is 0.491. The number of nitrogens with zero attached hydrogens (tertiary/aromatic N) is 2. The molecular formula is C20H26N6O2S. The number of nitrogens with two attached hydrogens (primary N) is 1. The second-order valence-corrected chi connectivity index (χ2v) is 9.31. The zero-order valence-electron chi connectivity index (χ0n) is 16.7. The number of aliphatic imine (C=N–C) groups is 1. The highest BCUT2D eigenvalue weighted by atomic mass is 32.2. The van der Waals surface area contributed by atoms with Crippen LogP contribution >= 0.6 is 0 Å². The predicted molar refractivity (Wildman–Crippen MR) is 116 cm³/mol. The summed E-state index contributed by atoms with van der Waals surface area (Å²) in [6.07, 6.45) is 13.7.